The van der Waals surface area contributed by atoms with Crippen molar-refractivity contribution in [3.05, 3.63) is 0 Å². The van der Waals surface area contributed by atoms with E-state index in [1.165, 1.54) is 38.5 Å². The number of unbranched alkanes of at least 4 members (excludes halogenated alkanes) is 3. The van der Waals surface area contributed by atoms with Crippen LogP contribution >= 0.6 is 0 Å². The van der Waals surface area contributed by atoms with E-state index < -0.39 is 8.32 Å². The largest absolute Gasteiger partial charge is 0.432 e. The van der Waals surface area contributed by atoms with E-state index in [0.717, 1.165) is 37.4 Å². The van der Waals surface area contributed by atoms with Crippen LogP contribution in [0.1, 0.15) is 120 Å². The molecule has 0 amide bonds. The van der Waals surface area contributed by atoms with Crippen LogP contribution in [0.15, 0.2) is 0 Å². The van der Waals surface area contributed by atoms with Gasteiger partial charge in [0.1, 0.15) is 0 Å². The van der Waals surface area contributed by atoms with Gasteiger partial charge in [-0.25, -0.2) is 0 Å². The monoisotopic (exact) mass is 528 g/mol. The molecule has 0 aliphatic rings. The summed E-state index contributed by atoms with van der Waals surface area (Å²) in [5.41, 5.74) is 0. The molecule has 0 saturated carbocycles. The normalized spacial score (nSPS) is 13.1. The molecule has 0 radical (unpaired) electrons. The van der Waals surface area contributed by atoms with E-state index in [0.29, 0.717) is 0 Å². The number of aliphatic hydroxyl groups is 3. The van der Waals surface area contributed by atoms with Gasteiger partial charge in [-0.1, -0.05) is 80.1 Å². The molecule has 0 rings (SSSR count). The van der Waals surface area contributed by atoms with E-state index in [1.54, 1.807) is 20.8 Å². The fraction of sp³-hybridized carbons (Fsp3) is 1.00. The third-order valence-electron chi connectivity index (χ3n) is 4.76. The zero-order valence-electron chi connectivity index (χ0n) is 22.0. The summed E-state index contributed by atoms with van der Waals surface area (Å²) in [5.74, 6) is 0. The van der Waals surface area contributed by atoms with Gasteiger partial charge in [0.2, 0.25) is 0 Å². The van der Waals surface area contributed by atoms with E-state index in [4.69, 9.17) is 15.3 Å². The average Bonchev–Trinajstić information content (AvgIpc) is 2.70. The van der Waals surface area contributed by atoms with Crippen LogP contribution in [-0.4, -0.2) is 46.7 Å². The van der Waals surface area contributed by atoms with E-state index >= 15 is 0 Å². The summed E-state index contributed by atoms with van der Waals surface area (Å²) in [6, 6.07) is 3.43. The first-order chi connectivity index (χ1) is 13.5. The Bertz CT molecular complexity index is 237. The van der Waals surface area contributed by atoms with Crippen LogP contribution < -0.4 is 0 Å². The minimum Gasteiger partial charge on any atom is -0.432 e. The second-order valence-electron chi connectivity index (χ2n) is 8.31. The molecular formula is C24H58O4SiZr. The molecule has 0 aromatic heterocycles. The first kappa shape index (κ1) is 41.2. The second kappa shape index (κ2) is 32.1. The van der Waals surface area contributed by atoms with Gasteiger partial charge in [0, 0.05) is 26.2 Å². The molecule has 0 spiro atoms. The maximum atomic E-state index is 10.5. The topological polar surface area (TPSA) is 80.9 Å². The molecule has 0 heterocycles. The van der Waals surface area contributed by atoms with Gasteiger partial charge < -0.3 is 20.1 Å². The van der Waals surface area contributed by atoms with E-state index in [9.17, 15) is 4.80 Å². The van der Waals surface area contributed by atoms with Crippen molar-refractivity contribution in [2.75, 3.05) is 0 Å². The molecule has 3 unspecified atom stereocenters. The van der Waals surface area contributed by atoms with Crippen molar-refractivity contribution < 1.29 is 46.3 Å². The third-order valence-corrected chi connectivity index (χ3v) is 8.61. The molecule has 0 fully saturated rings. The van der Waals surface area contributed by atoms with Crippen LogP contribution in [0.5, 0.6) is 0 Å². The molecule has 4 N–H and O–H groups in total. The van der Waals surface area contributed by atoms with Gasteiger partial charge in [-0.3, -0.25) is 0 Å². The summed E-state index contributed by atoms with van der Waals surface area (Å²) in [6.45, 7) is 17.8. The van der Waals surface area contributed by atoms with E-state index in [1.807, 2.05) is 20.8 Å². The summed E-state index contributed by atoms with van der Waals surface area (Å²) in [5, 5.41) is 25.1. The van der Waals surface area contributed by atoms with Crippen LogP contribution in [0.3, 0.4) is 0 Å². The Morgan fingerprint density at radius 1 is 0.533 bits per heavy atom. The molecule has 4 nitrogen and oxygen atoms in total. The van der Waals surface area contributed by atoms with Gasteiger partial charge in [0.15, 0.2) is 8.32 Å². The summed E-state index contributed by atoms with van der Waals surface area (Å²) in [7, 11) is -1.81. The summed E-state index contributed by atoms with van der Waals surface area (Å²) in [6.07, 6.45) is 9.62. The first-order valence-corrected chi connectivity index (χ1v) is 14.8. The van der Waals surface area contributed by atoms with Gasteiger partial charge in [-0.15, -0.1) is 0 Å². The Labute approximate surface area is 210 Å². The number of hydrogen-bond donors (Lipinski definition) is 4. The Morgan fingerprint density at radius 2 is 0.700 bits per heavy atom. The Morgan fingerprint density at radius 3 is 0.800 bits per heavy atom. The van der Waals surface area contributed by atoms with Gasteiger partial charge in [-0.2, -0.15) is 0 Å². The molecule has 6 heteroatoms. The fourth-order valence-electron chi connectivity index (χ4n) is 1.89. The minimum atomic E-state index is -1.81. The van der Waals surface area contributed by atoms with Crippen LogP contribution in [0.2, 0.25) is 18.1 Å². The molecule has 0 aliphatic heterocycles. The zero-order chi connectivity index (χ0) is 23.7. The molecule has 186 valence electrons. The Hall–Kier alpha value is 0.940. The van der Waals surface area contributed by atoms with Crippen molar-refractivity contribution in [2.24, 2.45) is 0 Å². The summed E-state index contributed by atoms with van der Waals surface area (Å²) in [4.78, 5) is 10.5. The SMILES string of the molecule is CCC(C)O.CCC(C)O.CCC(C)O.CCCC[Si](O)(CCCC)CCCC.[Zr]. The van der Waals surface area contributed by atoms with Gasteiger partial charge in [0.05, 0.1) is 18.3 Å². The van der Waals surface area contributed by atoms with E-state index in [-0.39, 0.29) is 44.5 Å². The number of aliphatic hydroxyl groups excluding tert-OH is 3. The smallest absolute Gasteiger partial charge is 0.188 e. The van der Waals surface area contributed by atoms with Crippen LogP contribution in [-0.2, 0) is 26.2 Å². The van der Waals surface area contributed by atoms with Gasteiger partial charge in [-0.05, 0) is 58.2 Å². The molecular weight excluding hydrogens is 472 g/mol. The molecule has 30 heavy (non-hydrogen) atoms. The summed E-state index contributed by atoms with van der Waals surface area (Å²) < 4.78 is 0. The standard InChI is InChI=1S/C12H28OSi.3C4H10O.Zr/c1-4-7-10-14(13,11-8-5-2)12-9-6-3;3*1-3-4(2)5;/h13H,4-12H2,1-3H3;3*4-5H,3H2,1-2H3;. The predicted molar refractivity (Wildman–Crippen MR) is 133 cm³/mol. The fourth-order valence-corrected chi connectivity index (χ4v) is 5.68. The summed E-state index contributed by atoms with van der Waals surface area (Å²) >= 11 is 0. The zero-order valence-corrected chi connectivity index (χ0v) is 25.5. The molecule has 0 saturated heterocycles. The van der Waals surface area contributed by atoms with Crippen molar-refractivity contribution >= 4 is 8.32 Å². The van der Waals surface area contributed by atoms with Crippen molar-refractivity contribution in [3.63, 3.8) is 0 Å². The Balaban J connectivity index is -0.000000108. The Kier molecular flexibility index (Phi) is 44.1. The van der Waals surface area contributed by atoms with Crippen LogP contribution in [0, 0.1) is 0 Å². The third kappa shape index (κ3) is 46.9. The van der Waals surface area contributed by atoms with Crippen molar-refractivity contribution in [3.8, 4) is 0 Å². The molecule has 0 aromatic carbocycles. The molecule has 0 bridgehead atoms. The second-order valence-corrected chi connectivity index (χ2v) is 12.3. The van der Waals surface area contributed by atoms with Crippen molar-refractivity contribution in [1.82, 2.24) is 0 Å². The number of hydrogen-bond acceptors (Lipinski definition) is 4. The average molecular weight is 530 g/mol. The van der Waals surface area contributed by atoms with Gasteiger partial charge >= 0.3 is 0 Å². The van der Waals surface area contributed by atoms with Gasteiger partial charge in [0.25, 0.3) is 0 Å². The predicted octanol–water partition coefficient (Wildman–Crippen LogP) is 6.65. The molecule has 0 aromatic rings. The van der Waals surface area contributed by atoms with Crippen molar-refractivity contribution in [2.45, 2.75) is 157 Å². The van der Waals surface area contributed by atoms with E-state index in [2.05, 4.69) is 20.8 Å². The van der Waals surface area contributed by atoms with Crippen LogP contribution in [0.25, 0.3) is 0 Å². The first-order valence-electron chi connectivity index (χ1n) is 12.3. The maximum Gasteiger partial charge on any atom is 0.188 e. The van der Waals surface area contributed by atoms with Crippen LogP contribution in [0.4, 0.5) is 0 Å². The molecule has 0 aliphatic carbocycles. The quantitative estimate of drug-likeness (QED) is 0.213. The van der Waals surface area contributed by atoms with Crippen molar-refractivity contribution in [1.29, 1.82) is 0 Å². The minimum absolute atomic E-state index is 0. The maximum absolute atomic E-state index is 10.5. The molecule has 3 atom stereocenters. The number of rotatable bonds is 12.